The number of anilines is 1. The maximum Gasteiger partial charge on any atom is 0.253 e. The van der Waals surface area contributed by atoms with Gasteiger partial charge in [-0.25, -0.2) is 0 Å². The summed E-state index contributed by atoms with van der Waals surface area (Å²) < 4.78 is 0. The Morgan fingerprint density at radius 2 is 1.59 bits per heavy atom. The SMILES string of the molecule is C=Cc1ccc(C(=O)c2ccc(O)c(N(CCCCCCCC)C(=O)C(=C)C)c2O)cc1. The predicted octanol–water partition coefficient (Wildman–Crippen LogP) is 6.24. The van der Waals surface area contributed by atoms with Gasteiger partial charge in [-0.05, 0) is 31.0 Å². The van der Waals surface area contributed by atoms with Crippen LogP contribution in [0.15, 0.2) is 55.1 Å². The molecule has 0 atom stereocenters. The van der Waals surface area contributed by atoms with E-state index in [0.717, 1.165) is 31.2 Å². The molecule has 0 aliphatic rings. The van der Waals surface area contributed by atoms with E-state index >= 15 is 0 Å². The number of amides is 1. The van der Waals surface area contributed by atoms with Crippen LogP contribution >= 0.6 is 0 Å². The molecule has 5 heteroatoms. The summed E-state index contributed by atoms with van der Waals surface area (Å²) in [6.45, 7) is 11.5. The van der Waals surface area contributed by atoms with E-state index in [4.69, 9.17) is 0 Å². The monoisotopic (exact) mass is 435 g/mol. The third-order valence-corrected chi connectivity index (χ3v) is 5.40. The first-order valence-corrected chi connectivity index (χ1v) is 11.1. The number of unbranched alkanes of at least 4 members (excludes halogenated alkanes) is 5. The fraction of sp³-hybridized carbons (Fsp3) is 0.333. The summed E-state index contributed by atoms with van der Waals surface area (Å²) in [6.07, 6.45) is 7.83. The van der Waals surface area contributed by atoms with Gasteiger partial charge in [-0.2, -0.15) is 0 Å². The van der Waals surface area contributed by atoms with Crippen LogP contribution in [0.25, 0.3) is 6.08 Å². The summed E-state index contributed by atoms with van der Waals surface area (Å²) in [4.78, 5) is 27.2. The van der Waals surface area contributed by atoms with Crippen LogP contribution in [-0.2, 0) is 4.79 Å². The lowest BCUT2D eigenvalue weighted by atomic mass is 9.99. The highest BCUT2D eigenvalue weighted by Crippen LogP contribution is 2.40. The van der Waals surface area contributed by atoms with Crippen molar-refractivity contribution in [2.75, 3.05) is 11.4 Å². The fourth-order valence-electron chi connectivity index (χ4n) is 3.54. The predicted molar refractivity (Wildman–Crippen MR) is 130 cm³/mol. The minimum absolute atomic E-state index is 0.0200. The highest BCUT2D eigenvalue weighted by Gasteiger charge is 2.26. The molecule has 32 heavy (non-hydrogen) atoms. The Kier molecular flexibility index (Phi) is 9.26. The second kappa shape index (κ2) is 11.9. The van der Waals surface area contributed by atoms with Crippen molar-refractivity contribution in [2.45, 2.75) is 52.4 Å². The van der Waals surface area contributed by atoms with Crippen molar-refractivity contribution >= 4 is 23.5 Å². The quantitative estimate of drug-likeness (QED) is 0.235. The number of carbonyl (C=O) groups is 2. The van der Waals surface area contributed by atoms with Crippen LogP contribution in [0.2, 0.25) is 0 Å². The van der Waals surface area contributed by atoms with Crippen molar-refractivity contribution in [1.29, 1.82) is 0 Å². The Morgan fingerprint density at radius 1 is 0.969 bits per heavy atom. The molecule has 0 unspecified atom stereocenters. The van der Waals surface area contributed by atoms with Crippen LogP contribution in [0.4, 0.5) is 5.69 Å². The number of hydrogen-bond donors (Lipinski definition) is 2. The number of phenolic OH excluding ortho intramolecular Hbond substituents is 2. The molecular weight excluding hydrogens is 402 g/mol. The Balaban J connectivity index is 2.36. The smallest absolute Gasteiger partial charge is 0.253 e. The zero-order valence-corrected chi connectivity index (χ0v) is 19.1. The standard InChI is InChI=1S/C27H33NO4/c1-5-7-8-9-10-11-18-28(27(32)19(3)4)24-23(29)17-16-22(26(24)31)25(30)21-14-12-20(6-2)13-15-21/h6,12-17,29,31H,2-3,5,7-11,18H2,1,4H3. The number of carbonyl (C=O) groups excluding carboxylic acids is 2. The van der Waals surface area contributed by atoms with E-state index < -0.39 is 17.4 Å². The van der Waals surface area contributed by atoms with Gasteiger partial charge in [0.1, 0.15) is 11.4 Å². The first-order valence-electron chi connectivity index (χ1n) is 11.1. The molecule has 0 aliphatic carbocycles. The van der Waals surface area contributed by atoms with E-state index in [1.165, 1.54) is 23.5 Å². The molecule has 0 aromatic heterocycles. The van der Waals surface area contributed by atoms with Crippen LogP contribution in [0.3, 0.4) is 0 Å². The van der Waals surface area contributed by atoms with Crippen LogP contribution in [0, 0.1) is 0 Å². The topological polar surface area (TPSA) is 77.8 Å². The average Bonchev–Trinajstić information content (AvgIpc) is 2.79. The molecule has 0 radical (unpaired) electrons. The molecule has 0 spiro atoms. The van der Waals surface area contributed by atoms with E-state index in [-0.39, 0.29) is 22.6 Å². The molecule has 0 saturated carbocycles. The van der Waals surface area contributed by atoms with Crippen molar-refractivity contribution in [3.8, 4) is 11.5 Å². The number of phenols is 2. The van der Waals surface area contributed by atoms with Crippen LogP contribution in [-0.4, -0.2) is 28.4 Å². The van der Waals surface area contributed by atoms with E-state index in [9.17, 15) is 19.8 Å². The molecule has 0 aliphatic heterocycles. The lowest BCUT2D eigenvalue weighted by molar-refractivity contribution is -0.115. The van der Waals surface area contributed by atoms with E-state index in [1.54, 1.807) is 37.3 Å². The summed E-state index contributed by atoms with van der Waals surface area (Å²) in [6, 6.07) is 9.52. The van der Waals surface area contributed by atoms with Gasteiger partial charge in [-0.15, -0.1) is 0 Å². The van der Waals surface area contributed by atoms with Gasteiger partial charge < -0.3 is 15.1 Å². The Hall–Kier alpha value is -3.34. The Morgan fingerprint density at radius 3 is 2.19 bits per heavy atom. The van der Waals surface area contributed by atoms with Gasteiger partial charge in [0, 0.05) is 17.7 Å². The minimum Gasteiger partial charge on any atom is -0.506 e. The van der Waals surface area contributed by atoms with E-state index in [2.05, 4.69) is 20.1 Å². The van der Waals surface area contributed by atoms with Gasteiger partial charge in [-0.1, -0.05) is 82.5 Å². The molecule has 2 aromatic carbocycles. The van der Waals surface area contributed by atoms with Crippen molar-refractivity contribution in [1.82, 2.24) is 0 Å². The highest BCUT2D eigenvalue weighted by molar-refractivity contribution is 6.14. The highest BCUT2D eigenvalue weighted by atomic mass is 16.3. The van der Waals surface area contributed by atoms with Gasteiger partial charge in [0.25, 0.3) is 5.91 Å². The molecule has 170 valence electrons. The van der Waals surface area contributed by atoms with Gasteiger partial charge in [0.15, 0.2) is 11.5 Å². The van der Waals surface area contributed by atoms with Gasteiger partial charge in [-0.3, -0.25) is 9.59 Å². The summed E-state index contributed by atoms with van der Waals surface area (Å²) in [5.74, 6) is -1.48. The lowest BCUT2D eigenvalue weighted by Gasteiger charge is -2.25. The van der Waals surface area contributed by atoms with Gasteiger partial charge >= 0.3 is 0 Å². The first kappa shape index (κ1) is 24.9. The first-order chi connectivity index (χ1) is 15.3. The number of ketones is 1. The number of benzene rings is 2. The molecule has 0 heterocycles. The van der Waals surface area contributed by atoms with Crippen LogP contribution < -0.4 is 4.90 Å². The average molecular weight is 436 g/mol. The Labute approximate surface area is 190 Å². The third kappa shape index (κ3) is 6.10. The normalized spacial score (nSPS) is 10.6. The van der Waals surface area contributed by atoms with Crippen molar-refractivity contribution < 1.29 is 19.8 Å². The molecule has 2 rings (SSSR count). The van der Waals surface area contributed by atoms with Crippen LogP contribution in [0.1, 0.15) is 73.9 Å². The van der Waals surface area contributed by atoms with Crippen molar-refractivity contribution in [3.63, 3.8) is 0 Å². The maximum absolute atomic E-state index is 13.0. The van der Waals surface area contributed by atoms with Crippen molar-refractivity contribution in [3.05, 3.63) is 71.8 Å². The maximum atomic E-state index is 13.0. The molecule has 2 aromatic rings. The van der Waals surface area contributed by atoms with Gasteiger partial charge in [0.05, 0.1) is 5.56 Å². The molecule has 0 saturated heterocycles. The summed E-state index contributed by atoms with van der Waals surface area (Å²) in [7, 11) is 0. The molecule has 0 fully saturated rings. The number of hydrogen-bond acceptors (Lipinski definition) is 4. The zero-order chi connectivity index (χ0) is 23.7. The van der Waals surface area contributed by atoms with Gasteiger partial charge in [0.2, 0.25) is 0 Å². The second-order valence-electron chi connectivity index (χ2n) is 7.99. The summed E-state index contributed by atoms with van der Waals surface area (Å²) >= 11 is 0. The summed E-state index contributed by atoms with van der Waals surface area (Å²) in [5.41, 5.74) is 1.50. The minimum atomic E-state index is -0.414. The summed E-state index contributed by atoms with van der Waals surface area (Å²) in [5, 5.41) is 21.5. The molecule has 2 N–H and O–H groups in total. The molecule has 5 nitrogen and oxygen atoms in total. The van der Waals surface area contributed by atoms with Crippen LogP contribution in [0.5, 0.6) is 11.5 Å². The number of aromatic hydroxyl groups is 2. The fourth-order valence-corrected chi connectivity index (χ4v) is 3.54. The largest absolute Gasteiger partial charge is 0.506 e. The molecular formula is C27H33NO4. The van der Waals surface area contributed by atoms with E-state index in [0.29, 0.717) is 18.5 Å². The Bertz CT molecular complexity index is 976. The van der Waals surface area contributed by atoms with Crippen molar-refractivity contribution in [2.24, 2.45) is 0 Å². The van der Waals surface area contributed by atoms with E-state index in [1.807, 2.05) is 0 Å². The lowest BCUT2D eigenvalue weighted by Crippen LogP contribution is -2.32. The second-order valence-corrected chi connectivity index (χ2v) is 7.99. The zero-order valence-electron chi connectivity index (χ0n) is 19.1. The molecule has 1 amide bonds. The molecule has 0 bridgehead atoms. The number of nitrogens with zero attached hydrogens (tertiary/aromatic N) is 1. The third-order valence-electron chi connectivity index (χ3n) is 5.40. The number of rotatable bonds is 12.